The smallest absolute Gasteiger partial charge is 0.339 e. The molecule has 0 N–H and O–H groups in total. The minimum Gasteiger partial charge on any atom is -0.379 e. The van der Waals surface area contributed by atoms with Crippen LogP contribution in [0.25, 0.3) is 0 Å². The Kier molecular flexibility index (Phi) is 6.58. The quantitative estimate of drug-likeness (QED) is 0.223. The fraction of sp³-hybridized carbons (Fsp3) is 0.133. The van der Waals surface area contributed by atoms with E-state index >= 15 is 0 Å². The first-order chi connectivity index (χ1) is 19.3. The number of amides is 2. The Morgan fingerprint density at radius 3 is 2.12 bits per heavy atom. The first-order valence-corrected chi connectivity index (χ1v) is 14.3. The average Bonchev–Trinajstić information content (AvgIpc) is 3.47. The molecule has 2 amide bonds. The van der Waals surface area contributed by atoms with Gasteiger partial charge in [0.05, 0.1) is 17.4 Å². The van der Waals surface area contributed by atoms with Crippen LogP contribution in [-0.2, 0) is 24.5 Å². The summed E-state index contributed by atoms with van der Waals surface area (Å²) in [4.78, 5) is 34.8. The van der Waals surface area contributed by atoms with Gasteiger partial charge in [0.2, 0.25) is 5.91 Å². The van der Waals surface area contributed by atoms with Gasteiger partial charge in [0.15, 0.2) is 6.10 Å². The van der Waals surface area contributed by atoms with E-state index in [2.05, 4.69) is 0 Å². The molecule has 40 heavy (non-hydrogen) atoms. The summed E-state index contributed by atoms with van der Waals surface area (Å²) in [6, 6.07) is 27.8. The van der Waals surface area contributed by atoms with Crippen molar-refractivity contribution in [3.8, 4) is 5.75 Å². The molecule has 2 aliphatic heterocycles. The Labute approximate surface area is 236 Å². The highest BCUT2D eigenvalue weighted by molar-refractivity contribution is 7.87. The molecule has 0 aromatic heterocycles. The zero-order chi connectivity index (χ0) is 28.0. The van der Waals surface area contributed by atoms with Crippen molar-refractivity contribution in [3.05, 3.63) is 119 Å². The third-order valence-electron chi connectivity index (χ3n) is 7.07. The zero-order valence-electron chi connectivity index (χ0n) is 21.2. The summed E-state index contributed by atoms with van der Waals surface area (Å²) < 4.78 is 30.7. The SMILES string of the molecule is Cc1c(Cl)cccc1N1C(=O)[C@@H]2[C@@H](c3ccc(OS(=O)(=O)c4ccccc4)cc3)N(c3ccccc3)O[C@H]2C1=O. The molecule has 0 unspecified atom stereocenters. The fourth-order valence-corrected chi connectivity index (χ4v) is 6.23. The molecule has 3 atom stereocenters. The second-order valence-electron chi connectivity index (χ2n) is 9.47. The second-order valence-corrected chi connectivity index (χ2v) is 11.4. The number of anilines is 2. The van der Waals surface area contributed by atoms with Crippen LogP contribution < -0.4 is 14.1 Å². The Morgan fingerprint density at radius 1 is 0.800 bits per heavy atom. The molecule has 0 bridgehead atoms. The van der Waals surface area contributed by atoms with Crippen LogP contribution in [0, 0.1) is 12.8 Å². The maximum Gasteiger partial charge on any atom is 0.339 e. The Bertz CT molecular complexity index is 1700. The summed E-state index contributed by atoms with van der Waals surface area (Å²) in [6.07, 6.45) is -1.05. The van der Waals surface area contributed by atoms with Gasteiger partial charge < -0.3 is 4.18 Å². The minimum atomic E-state index is -4.03. The monoisotopic (exact) mass is 574 g/mol. The molecule has 4 aromatic carbocycles. The normalized spacial score (nSPS) is 20.6. The van der Waals surface area contributed by atoms with E-state index < -0.39 is 40.0 Å². The highest BCUT2D eigenvalue weighted by Gasteiger charge is 2.60. The van der Waals surface area contributed by atoms with Gasteiger partial charge in [-0.25, -0.2) is 9.96 Å². The summed E-state index contributed by atoms with van der Waals surface area (Å²) in [7, 11) is -4.03. The number of hydrogen-bond acceptors (Lipinski definition) is 7. The van der Waals surface area contributed by atoms with Gasteiger partial charge in [0, 0.05) is 5.02 Å². The highest BCUT2D eigenvalue weighted by atomic mass is 35.5. The molecule has 202 valence electrons. The fourth-order valence-electron chi connectivity index (χ4n) is 5.11. The van der Waals surface area contributed by atoms with E-state index in [1.807, 2.05) is 30.3 Å². The molecule has 2 saturated heterocycles. The molecule has 2 fully saturated rings. The van der Waals surface area contributed by atoms with Gasteiger partial charge in [0.25, 0.3) is 5.91 Å². The van der Waals surface area contributed by atoms with Crippen LogP contribution in [0.1, 0.15) is 17.2 Å². The number of fused-ring (bicyclic) bond motifs is 1. The van der Waals surface area contributed by atoms with Gasteiger partial charge in [-0.3, -0.25) is 14.4 Å². The Morgan fingerprint density at radius 2 is 1.45 bits per heavy atom. The highest BCUT2D eigenvalue weighted by Crippen LogP contribution is 2.48. The molecular formula is C30H23ClN2O6S. The van der Waals surface area contributed by atoms with Crippen LogP contribution in [0.2, 0.25) is 5.02 Å². The molecular weight excluding hydrogens is 552 g/mol. The van der Waals surface area contributed by atoms with Crippen LogP contribution in [0.4, 0.5) is 11.4 Å². The van der Waals surface area contributed by atoms with Crippen LogP contribution >= 0.6 is 11.6 Å². The summed E-state index contributed by atoms with van der Waals surface area (Å²) in [5.74, 6) is -1.63. The van der Waals surface area contributed by atoms with Crippen molar-refractivity contribution in [2.75, 3.05) is 9.96 Å². The number of carbonyl (C=O) groups is 2. The van der Waals surface area contributed by atoms with Crippen LogP contribution in [0.3, 0.4) is 0 Å². The number of hydroxylamine groups is 1. The second kappa shape index (κ2) is 10.1. The Hall–Kier alpha value is -4.18. The lowest BCUT2D eigenvalue weighted by Crippen LogP contribution is -2.37. The van der Waals surface area contributed by atoms with Crippen molar-refractivity contribution in [2.24, 2.45) is 5.92 Å². The third-order valence-corrected chi connectivity index (χ3v) is 8.74. The number of benzene rings is 4. The first-order valence-electron chi connectivity index (χ1n) is 12.5. The average molecular weight is 575 g/mol. The molecule has 10 heteroatoms. The first kappa shape index (κ1) is 26.1. The van der Waals surface area contributed by atoms with Gasteiger partial charge >= 0.3 is 10.1 Å². The molecule has 0 saturated carbocycles. The van der Waals surface area contributed by atoms with Crippen molar-refractivity contribution in [1.29, 1.82) is 0 Å². The van der Waals surface area contributed by atoms with Gasteiger partial charge in [-0.15, -0.1) is 0 Å². The maximum atomic E-state index is 13.9. The number of halogens is 1. The van der Waals surface area contributed by atoms with E-state index in [0.29, 0.717) is 27.5 Å². The van der Waals surface area contributed by atoms with Gasteiger partial charge in [-0.05, 0) is 66.6 Å². The molecule has 4 aromatic rings. The summed E-state index contributed by atoms with van der Waals surface area (Å²) in [6.45, 7) is 1.75. The number of imide groups is 1. The van der Waals surface area contributed by atoms with Gasteiger partial charge in [-0.2, -0.15) is 8.42 Å². The number of hydrogen-bond donors (Lipinski definition) is 0. The summed E-state index contributed by atoms with van der Waals surface area (Å²) in [5, 5.41) is 2.02. The van der Waals surface area contributed by atoms with E-state index in [1.165, 1.54) is 24.3 Å². The van der Waals surface area contributed by atoms with Crippen molar-refractivity contribution >= 4 is 44.9 Å². The van der Waals surface area contributed by atoms with Crippen molar-refractivity contribution < 1.29 is 27.0 Å². The van der Waals surface area contributed by atoms with E-state index in [9.17, 15) is 18.0 Å². The molecule has 0 radical (unpaired) electrons. The van der Waals surface area contributed by atoms with Gasteiger partial charge in [0.1, 0.15) is 16.6 Å². The molecule has 2 heterocycles. The van der Waals surface area contributed by atoms with Crippen LogP contribution in [0.15, 0.2) is 108 Å². The third kappa shape index (κ3) is 4.42. The lowest BCUT2D eigenvalue weighted by Gasteiger charge is -2.29. The zero-order valence-corrected chi connectivity index (χ0v) is 22.7. The molecule has 6 rings (SSSR count). The van der Waals surface area contributed by atoms with Gasteiger partial charge in [-0.1, -0.05) is 66.2 Å². The molecule has 2 aliphatic rings. The predicted octanol–water partition coefficient (Wildman–Crippen LogP) is 5.47. The van der Waals surface area contributed by atoms with E-state index in [4.69, 9.17) is 20.6 Å². The van der Waals surface area contributed by atoms with Crippen molar-refractivity contribution in [1.82, 2.24) is 0 Å². The maximum absolute atomic E-state index is 13.9. The predicted molar refractivity (Wildman–Crippen MR) is 149 cm³/mol. The molecule has 0 spiro atoms. The topological polar surface area (TPSA) is 93.2 Å². The number of rotatable bonds is 6. The van der Waals surface area contributed by atoms with Crippen LogP contribution in [0.5, 0.6) is 5.75 Å². The molecule has 8 nitrogen and oxygen atoms in total. The summed E-state index contributed by atoms with van der Waals surface area (Å²) >= 11 is 6.29. The summed E-state index contributed by atoms with van der Waals surface area (Å²) in [5.41, 5.74) is 2.34. The van der Waals surface area contributed by atoms with E-state index in [1.54, 1.807) is 60.5 Å². The minimum absolute atomic E-state index is 0.0350. The molecule has 0 aliphatic carbocycles. The van der Waals surface area contributed by atoms with Crippen molar-refractivity contribution in [2.45, 2.75) is 24.0 Å². The number of carbonyl (C=O) groups excluding carboxylic acids is 2. The lowest BCUT2D eigenvalue weighted by atomic mass is 9.90. The lowest BCUT2D eigenvalue weighted by molar-refractivity contribution is -0.126. The standard InChI is InChI=1S/C30H23ClN2O6S/c1-19-24(31)13-8-14-25(19)32-29(34)26-27(33(38-28(26)30(32)35)21-9-4-2-5-10-21)20-15-17-22(18-16-20)39-40(36,37)23-11-6-3-7-12-23/h2-18,26-28H,1H3/t26-,27-,28-/m1/s1. The Balaban J connectivity index is 1.36. The van der Waals surface area contributed by atoms with E-state index in [0.717, 1.165) is 4.90 Å². The van der Waals surface area contributed by atoms with Crippen LogP contribution in [-0.4, -0.2) is 26.3 Å². The largest absolute Gasteiger partial charge is 0.379 e. The van der Waals surface area contributed by atoms with Crippen molar-refractivity contribution in [3.63, 3.8) is 0 Å². The van der Waals surface area contributed by atoms with E-state index in [-0.39, 0.29) is 10.6 Å². The number of para-hydroxylation sites is 1. The number of nitrogens with zero attached hydrogens (tertiary/aromatic N) is 2.